The van der Waals surface area contributed by atoms with Crippen LogP contribution in [0.25, 0.3) is 5.69 Å². The Balaban J connectivity index is 0.00000208. The SMILES string of the molecule is CNCCC1CCN(C(=O)c2cccc(-n3cccn3)c2)CC1.Cl. The van der Waals surface area contributed by atoms with Crippen LogP contribution in [-0.4, -0.2) is 47.3 Å². The zero-order valence-corrected chi connectivity index (χ0v) is 14.8. The highest BCUT2D eigenvalue weighted by Gasteiger charge is 2.23. The number of piperidine rings is 1. The molecular weight excluding hydrogens is 324 g/mol. The molecule has 0 unspecified atom stereocenters. The van der Waals surface area contributed by atoms with Gasteiger partial charge in [0, 0.05) is 31.0 Å². The van der Waals surface area contributed by atoms with Crippen LogP contribution in [0.3, 0.4) is 0 Å². The van der Waals surface area contributed by atoms with Crippen LogP contribution >= 0.6 is 12.4 Å². The topological polar surface area (TPSA) is 50.2 Å². The summed E-state index contributed by atoms with van der Waals surface area (Å²) in [5.74, 6) is 0.869. The number of carbonyl (C=O) groups excluding carboxylic acids is 1. The number of aromatic nitrogens is 2. The summed E-state index contributed by atoms with van der Waals surface area (Å²) in [5.41, 5.74) is 1.66. The van der Waals surface area contributed by atoms with Crippen molar-refractivity contribution < 1.29 is 4.79 Å². The van der Waals surface area contributed by atoms with E-state index in [0.717, 1.165) is 49.6 Å². The van der Waals surface area contributed by atoms with E-state index in [2.05, 4.69) is 10.4 Å². The van der Waals surface area contributed by atoms with Crippen molar-refractivity contribution in [3.05, 3.63) is 48.3 Å². The van der Waals surface area contributed by atoms with E-state index in [1.165, 1.54) is 6.42 Å². The number of benzene rings is 1. The van der Waals surface area contributed by atoms with E-state index in [1.54, 1.807) is 10.9 Å². The molecule has 6 heteroatoms. The lowest BCUT2D eigenvalue weighted by Gasteiger charge is -2.32. The number of nitrogens with zero attached hydrogens (tertiary/aromatic N) is 3. The molecule has 1 amide bonds. The Kier molecular flexibility index (Phi) is 6.82. The van der Waals surface area contributed by atoms with Crippen molar-refractivity contribution in [3.63, 3.8) is 0 Å². The number of likely N-dealkylation sites (tertiary alicyclic amines) is 1. The molecule has 2 aromatic rings. The minimum Gasteiger partial charge on any atom is -0.339 e. The average molecular weight is 349 g/mol. The zero-order chi connectivity index (χ0) is 16.1. The van der Waals surface area contributed by atoms with Gasteiger partial charge in [0.05, 0.1) is 5.69 Å². The highest BCUT2D eigenvalue weighted by Crippen LogP contribution is 2.22. The van der Waals surface area contributed by atoms with Gasteiger partial charge in [0.15, 0.2) is 0 Å². The second kappa shape index (κ2) is 8.85. The number of hydrogen-bond acceptors (Lipinski definition) is 3. The first-order chi connectivity index (χ1) is 11.3. The Morgan fingerprint density at radius 3 is 2.75 bits per heavy atom. The van der Waals surface area contributed by atoms with Crippen LogP contribution in [-0.2, 0) is 0 Å². The van der Waals surface area contributed by atoms with Crippen LogP contribution < -0.4 is 5.32 Å². The van der Waals surface area contributed by atoms with Crippen molar-refractivity contribution in [1.82, 2.24) is 20.0 Å². The summed E-state index contributed by atoms with van der Waals surface area (Å²) in [6.45, 7) is 2.78. The summed E-state index contributed by atoms with van der Waals surface area (Å²) in [5, 5.41) is 7.43. The lowest BCUT2D eigenvalue weighted by molar-refractivity contribution is 0.0687. The summed E-state index contributed by atoms with van der Waals surface area (Å²) in [4.78, 5) is 14.7. The molecule has 1 aliphatic rings. The van der Waals surface area contributed by atoms with Gasteiger partial charge in [-0.1, -0.05) is 6.07 Å². The van der Waals surface area contributed by atoms with Gasteiger partial charge < -0.3 is 10.2 Å². The molecule has 1 aromatic heterocycles. The highest BCUT2D eigenvalue weighted by molar-refractivity contribution is 5.94. The maximum absolute atomic E-state index is 12.7. The van der Waals surface area contributed by atoms with Crippen molar-refractivity contribution in [3.8, 4) is 5.69 Å². The first-order valence-corrected chi connectivity index (χ1v) is 8.32. The molecule has 0 saturated carbocycles. The fourth-order valence-corrected chi connectivity index (χ4v) is 3.16. The largest absolute Gasteiger partial charge is 0.339 e. The van der Waals surface area contributed by atoms with Crippen LogP contribution in [0.1, 0.15) is 29.6 Å². The Bertz CT molecular complexity index is 636. The molecule has 3 rings (SSSR count). The second-order valence-corrected chi connectivity index (χ2v) is 6.13. The van der Waals surface area contributed by atoms with Gasteiger partial charge in [0.2, 0.25) is 0 Å². The smallest absolute Gasteiger partial charge is 0.253 e. The van der Waals surface area contributed by atoms with Crippen molar-refractivity contribution in [2.24, 2.45) is 5.92 Å². The number of rotatable bonds is 5. The first kappa shape index (κ1) is 18.5. The summed E-state index contributed by atoms with van der Waals surface area (Å²) in [6, 6.07) is 9.58. The first-order valence-electron chi connectivity index (χ1n) is 8.32. The predicted molar refractivity (Wildman–Crippen MR) is 98.0 cm³/mol. The Hall–Kier alpha value is -1.85. The summed E-state index contributed by atoms with van der Waals surface area (Å²) >= 11 is 0. The maximum atomic E-state index is 12.7. The van der Waals surface area contributed by atoms with Crippen LogP contribution in [0.5, 0.6) is 0 Å². The molecule has 1 aliphatic heterocycles. The number of amides is 1. The summed E-state index contributed by atoms with van der Waals surface area (Å²) < 4.78 is 1.78. The van der Waals surface area contributed by atoms with Gasteiger partial charge in [-0.15, -0.1) is 12.4 Å². The van der Waals surface area contributed by atoms with E-state index in [-0.39, 0.29) is 18.3 Å². The zero-order valence-electron chi connectivity index (χ0n) is 14.0. The fraction of sp³-hybridized carbons (Fsp3) is 0.444. The average Bonchev–Trinajstić information content (AvgIpc) is 3.14. The van der Waals surface area contributed by atoms with Crippen LogP contribution in [0.2, 0.25) is 0 Å². The Morgan fingerprint density at radius 2 is 2.08 bits per heavy atom. The lowest BCUT2D eigenvalue weighted by atomic mass is 9.93. The molecule has 24 heavy (non-hydrogen) atoms. The molecule has 1 saturated heterocycles. The van der Waals surface area contributed by atoms with Gasteiger partial charge in [0.1, 0.15) is 0 Å². The fourth-order valence-electron chi connectivity index (χ4n) is 3.16. The number of halogens is 1. The molecule has 2 heterocycles. The van der Waals surface area contributed by atoms with Gasteiger partial charge in [-0.2, -0.15) is 5.10 Å². The van der Waals surface area contributed by atoms with E-state index in [9.17, 15) is 4.79 Å². The Morgan fingerprint density at radius 1 is 1.29 bits per heavy atom. The molecule has 0 spiro atoms. The van der Waals surface area contributed by atoms with Crippen LogP contribution in [0.4, 0.5) is 0 Å². The molecule has 1 N–H and O–H groups in total. The van der Waals surface area contributed by atoms with Crippen molar-refractivity contribution in [2.45, 2.75) is 19.3 Å². The summed E-state index contributed by atoms with van der Waals surface area (Å²) in [7, 11) is 1.99. The van der Waals surface area contributed by atoms with Crippen LogP contribution in [0.15, 0.2) is 42.7 Å². The van der Waals surface area contributed by atoms with Gasteiger partial charge >= 0.3 is 0 Å². The highest BCUT2D eigenvalue weighted by atomic mass is 35.5. The third-order valence-corrected chi connectivity index (χ3v) is 4.57. The monoisotopic (exact) mass is 348 g/mol. The van der Waals surface area contributed by atoms with Gasteiger partial charge in [0.25, 0.3) is 5.91 Å². The van der Waals surface area contributed by atoms with Crippen molar-refractivity contribution >= 4 is 18.3 Å². The molecule has 5 nitrogen and oxygen atoms in total. The normalized spacial score (nSPS) is 15.1. The molecule has 0 atom stereocenters. The molecule has 0 radical (unpaired) electrons. The van der Waals surface area contributed by atoms with E-state index in [1.807, 2.05) is 48.5 Å². The molecular formula is C18H25ClN4O. The molecule has 0 bridgehead atoms. The molecule has 1 aromatic carbocycles. The number of hydrogen-bond donors (Lipinski definition) is 1. The van der Waals surface area contributed by atoms with E-state index in [4.69, 9.17) is 0 Å². The second-order valence-electron chi connectivity index (χ2n) is 6.13. The lowest BCUT2D eigenvalue weighted by Crippen LogP contribution is -2.39. The Labute approximate surface area is 149 Å². The predicted octanol–water partition coefficient (Wildman–Crippen LogP) is 2.76. The van der Waals surface area contributed by atoms with Gasteiger partial charge in [-0.25, -0.2) is 4.68 Å². The van der Waals surface area contributed by atoms with E-state index in [0.29, 0.717) is 0 Å². The van der Waals surface area contributed by atoms with Gasteiger partial charge in [-0.3, -0.25) is 4.79 Å². The third kappa shape index (κ3) is 4.36. The van der Waals surface area contributed by atoms with Crippen LogP contribution in [0, 0.1) is 5.92 Å². The summed E-state index contributed by atoms with van der Waals surface area (Å²) in [6.07, 6.45) is 7.03. The van der Waals surface area contributed by atoms with Crippen molar-refractivity contribution in [2.75, 3.05) is 26.7 Å². The third-order valence-electron chi connectivity index (χ3n) is 4.57. The number of nitrogens with one attached hydrogen (secondary N) is 1. The number of carbonyl (C=O) groups is 1. The minimum atomic E-state index is 0. The maximum Gasteiger partial charge on any atom is 0.253 e. The van der Waals surface area contributed by atoms with E-state index < -0.39 is 0 Å². The molecule has 0 aliphatic carbocycles. The molecule has 1 fully saturated rings. The van der Waals surface area contributed by atoms with Gasteiger partial charge in [-0.05, 0) is 63.0 Å². The van der Waals surface area contributed by atoms with Crippen molar-refractivity contribution in [1.29, 1.82) is 0 Å². The quantitative estimate of drug-likeness (QED) is 0.903. The van der Waals surface area contributed by atoms with E-state index >= 15 is 0 Å². The minimum absolute atomic E-state index is 0. The molecule has 130 valence electrons. The standard InChI is InChI=1S/C18H24N4O.ClH/c1-19-10-6-15-7-12-21(13-8-15)18(23)16-4-2-5-17(14-16)22-11-3-9-20-22;/h2-5,9,11,14-15,19H,6-8,10,12-13H2,1H3;1H.